The first-order valence-electron chi connectivity index (χ1n) is 7.15. The van der Waals surface area contributed by atoms with E-state index in [1.54, 1.807) is 12.1 Å². The zero-order chi connectivity index (χ0) is 15.4. The first kappa shape index (κ1) is 16.2. The van der Waals surface area contributed by atoms with Gasteiger partial charge in [-0.15, -0.1) is 0 Å². The van der Waals surface area contributed by atoms with Crippen LogP contribution in [0.3, 0.4) is 0 Å². The summed E-state index contributed by atoms with van der Waals surface area (Å²) >= 11 is 6.04. The van der Waals surface area contributed by atoms with Crippen LogP contribution in [-0.4, -0.2) is 53.1 Å². The van der Waals surface area contributed by atoms with Crippen molar-refractivity contribution in [1.29, 1.82) is 0 Å². The Morgan fingerprint density at radius 3 is 2.57 bits per heavy atom. The number of carbonyl (C=O) groups is 1. The zero-order valence-corrected chi connectivity index (χ0v) is 12.8. The quantitative estimate of drug-likeness (QED) is 0.906. The SMILES string of the molecule is CCC(C(=O)O)N1CCN(Cc2c(F)cccc2Cl)CC1. The number of halogens is 2. The molecule has 1 aromatic carbocycles. The summed E-state index contributed by atoms with van der Waals surface area (Å²) in [5.74, 6) is -1.06. The predicted octanol–water partition coefficient (Wildman–Crippen LogP) is 2.46. The molecule has 0 aliphatic carbocycles. The second-order valence-corrected chi connectivity index (χ2v) is 5.68. The van der Waals surface area contributed by atoms with Gasteiger partial charge in [-0.1, -0.05) is 24.6 Å². The second-order valence-electron chi connectivity index (χ2n) is 5.27. The third-order valence-electron chi connectivity index (χ3n) is 3.96. The molecule has 0 aromatic heterocycles. The molecular weight excluding hydrogens is 295 g/mol. The van der Waals surface area contributed by atoms with E-state index in [0.717, 1.165) is 0 Å². The van der Waals surface area contributed by atoms with E-state index in [0.29, 0.717) is 49.7 Å². The molecule has 0 saturated carbocycles. The van der Waals surface area contributed by atoms with Crippen LogP contribution in [-0.2, 0) is 11.3 Å². The molecule has 1 N–H and O–H groups in total. The fourth-order valence-electron chi connectivity index (χ4n) is 2.73. The lowest BCUT2D eigenvalue weighted by Gasteiger charge is -2.37. The van der Waals surface area contributed by atoms with Crippen molar-refractivity contribution in [1.82, 2.24) is 9.80 Å². The highest BCUT2D eigenvalue weighted by Crippen LogP contribution is 2.21. The van der Waals surface area contributed by atoms with Crippen molar-refractivity contribution in [2.24, 2.45) is 0 Å². The van der Waals surface area contributed by atoms with Crippen LogP contribution in [0.5, 0.6) is 0 Å². The minimum atomic E-state index is -0.775. The lowest BCUT2D eigenvalue weighted by atomic mass is 10.1. The minimum Gasteiger partial charge on any atom is -0.480 e. The largest absolute Gasteiger partial charge is 0.480 e. The molecule has 6 heteroatoms. The van der Waals surface area contributed by atoms with Gasteiger partial charge in [-0.05, 0) is 18.6 Å². The van der Waals surface area contributed by atoms with E-state index in [9.17, 15) is 14.3 Å². The van der Waals surface area contributed by atoms with Gasteiger partial charge in [0.25, 0.3) is 0 Å². The first-order valence-corrected chi connectivity index (χ1v) is 7.52. The summed E-state index contributed by atoms with van der Waals surface area (Å²) in [6.45, 7) is 5.13. The molecule has 1 aliphatic heterocycles. The Bertz CT molecular complexity index is 484. The molecule has 0 radical (unpaired) electrons. The van der Waals surface area contributed by atoms with E-state index in [1.807, 2.05) is 11.8 Å². The average Bonchev–Trinajstić information content (AvgIpc) is 2.45. The molecule has 0 amide bonds. The Morgan fingerprint density at radius 1 is 1.38 bits per heavy atom. The molecule has 1 saturated heterocycles. The molecule has 116 valence electrons. The normalized spacial score (nSPS) is 18.6. The summed E-state index contributed by atoms with van der Waals surface area (Å²) in [7, 11) is 0. The Labute approximate surface area is 129 Å². The summed E-state index contributed by atoms with van der Waals surface area (Å²) < 4.78 is 13.8. The maximum absolute atomic E-state index is 13.8. The molecule has 1 aromatic rings. The van der Waals surface area contributed by atoms with Gasteiger partial charge in [-0.3, -0.25) is 14.6 Å². The van der Waals surface area contributed by atoms with Gasteiger partial charge in [0.1, 0.15) is 11.9 Å². The van der Waals surface area contributed by atoms with Crippen molar-refractivity contribution in [2.75, 3.05) is 26.2 Å². The van der Waals surface area contributed by atoms with Gasteiger partial charge >= 0.3 is 5.97 Å². The highest BCUT2D eigenvalue weighted by atomic mass is 35.5. The molecular formula is C15H20ClFN2O2. The van der Waals surface area contributed by atoms with Gasteiger partial charge in [-0.25, -0.2) is 4.39 Å². The fraction of sp³-hybridized carbons (Fsp3) is 0.533. The van der Waals surface area contributed by atoms with Crippen LogP contribution in [0.25, 0.3) is 0 Å². The molecule has 1 aliphatic rings. The third kappa shape index (κ3) is 3.93. The summed E-state index contributed by atoms with van der Waals surface area (Å²) in [5, 5.41) is 9.62. The molecule has 1 unspecified atom stereocenters. The van der Waals surface area contributed by atoms with Crippen LogP contribution in [0.2, 0.25) is 5.02 Å². The zero-order valence-electron chi connectivity index (χ0n) is 12.1. The lowest BCUT2D eigenvalue weighted by molar-refractivity contribution is -0.144. The lowest BCUT2D eigenvalue weighted by Crippen LogP contribution is -2.52. The minimum absolute atomic E-state index is 0.290. The van der Waals surface area contributed by atoms with Crippen LogP contribution in [0, 0.1) is 5.82 Å². The summed E-state index contributed by atoms with van der Waals surface area (Å²) in [5.41, 5.74) is 0.512. The van der Waals surface area contributed by atoms with Crippen molar-refractivity contribution in [3.8, 4) is 0 Å². The van der Waals surface area contributed by atoms with Crippen molar-refractivity contribution < 1.29 is 14.3 Å². The van der Waals surface area contributed by atoms with Gasteiger partial charge in [0.15, 0.2) is 0 Å². The average molecular weight is 315 g/mol. The van der Waals surface area contributed by atoms with Crippen molar-refractivity contribution in [2.45, 2.75) is 25.9 Å². The first-order chi connectivity index (χ1) is 10.0. The van der Waals surface area contributed by atoms with E-state index >= 15 is 0 Å². The van der Waals surface area contributed by atoms with E-state index in [-0.39, 0.29) is 5.82 Å². The number of carboxylic acid groups (broad SMARTS) is 1. The predicted molar refractivity (Wildman–Crippen MR) is 80.0 cm³/mol. The Balaban J connectivity index is 1.94. The standard InChI is InChI=1S/C15H20ClFN2O2/c1-2-14(15(20)21)19-8-6-18(7-9-19)10-11-12(16)4-3-5-13(11)17/h3-5,14H,2,6-10H2,1H3,(H,20,21). The number of nitrogens with zero attached hydrogens (tertiary/aromatic N) is 2. The molecule has 0 bridgehead atoms. The number of benzene rings is 1. The second kappa shape index (κ2) is 7.20. The highest BCUT2D eigenvalue weighted by Gasteiger charge is 2.27. The Morgan fingerprint density at radius 2 is 2.05 bits per heavy atom. The van der Waals surface area contributed by atoms with Gasteiger partial charge in [-0.2, -0.15) is 0 Å². The molecule has 2 rings (SSSR count). The Hall–Kier alpha value is -1.17. The number of hydrogen-bond acceptors (Lipinski definition) is 3. The van der Waals surface area contributed by atoms with Crippen LogP contribution in [0.15, 0.2) is 18.2 Å². The number of piperazine rings is 1. The van der Waals surface area contributed by atoms with Crippen LogP contribution < -0.4 is 0 Å². The number of carboxylic acids is 1. The number of hydrogen-bond donors (Lipinski definition) is 1. The van der Waals surface area contributed by atoms with Crippen LogP contribution in [0.1, 0.15) is 18.9 Å². The van der Waals surface area contributed by atoms with Crippen molar-refractivity contribution >= 4 is 17.6 Å². The monoisotopic (exact) mass is 314 g/mol. The summed E-state index contributed by atoms with van der Waals surface area (Å²) in [6, 6.07) is 4.27. The molecule has 1 fully saturated rings. The van der Waals surface area contributed by atoms with Gasteiger partial charge in [0, 0.05) is 43.3 Å². The highest BCUT2D eigenvalue weighted by molar-refractivity contribution is 6.31. The number of rotatable bonds is 5. The van der Waals surface area contributed by atoms with Gasteiger partial charge in [0.05, 0.1) is 0 Å². The topological polar surface area (TPSA) is 43.8 Å². The molecule has 1 heterocycles. The van der Waals surface area contributed by atoms with E-state index in [1.165, 1.54) is 6.07 Å². The Kier molecular flexibility index (Phi) is 5.56. The van der Waals surface area contributed by atoms with Crippen LogP contribution in [0.4, 0.5) is 4.39 Å². The fourth-order valence-corrected chi connectivity index (χ4v) is 2.95. The third-order valence-corrected chi connectivity index (χ3v) is 4.32. The smallest absolute Gasteiger partial charge is 0.320 e. The maximum atomic E-state index is 13.8. The van der Waals surface area contributed by atoms with Crippen molar-refractivity contribution in [3.05, 3.63) is 34.6 Å². The molecule has 1 atom stereocenters. The number of aliphatic carboxylic acids is 1. The van der Waals surface area contributed by atoms with E-state index in [2.05, 4.69) is 4.90 Å². The van der Waals surface area contributed by atoms with E-state index < -0.39 is 12.0 Å². The van der Waals surface area contributed by atoms with Crippen LogP contribution >= 0.6 is 11.6 Å². The molecule has 0 spiro atoms. The molecule has 21 heavy (non-hydrogen) atoms. The molecule has 4 nitrogen and oxygen atoms in total. The van der Waals surface area contributed by atoms with Gasteiger partial charge in [0.2, 0.25) is 0 Å². The summed E-state index contributed by atoms with van der Waals surface area (Å²) in [6.07, 6.45) is 0.592. The van der Waals surface area contributed by atoms with E-state index in [4.69, 9.17) is 11.6 Å². The van der Waals surface area contributed by atoms with Gasteiger partial charge < -0.3 is 5.11 Å². The van der Waals surface area contributed by atoms with Crippen molar-refractivity contribution in [3.63, 3.8) is 0 Å². The summed E-state index contributed by atoms with van der Waals surface area (Å²) in [4.78, 5) is 15.2. The maximum Gasteiger partial charge on any atom is 0.320 e.